The van der Waals surface area contributed by atoms with Gasteiger partial charge in [-0.25, -0.2) is 8.78 Å². The predicted molar refractivity (Wildman–Crippen MR) is 75.2 cm³/mol. The van der Waals surface area contributed by atoms with Crippen LogP contribution in [0.4, 0.5) is 14.5 Å². The van der Waals surface area contributed by atoms with Crippen molar-refractivity contribution in [1.29, 1.82) is 0 Å². The molecule has 0 fully saturated rings. The Morgan fingerprint density at radius 3 is 1.95 bits per heavy atom. The van der Waals surface area contributed by atoms with Crippen LogP contribution in [0.15, 0.2) is 12.1 Å². The summed E-state index contributed by atoms with van der Waals surface area (Å²) in [6.45, 7) is 5.90. The van der Waals surface area contributed by atoms with Crippen LogP contribution in [0.1, 0.15) is 50.4 Å². The first kappa shape index (κ1) is 16.4. The van der Waals surface area contributed by atoms with Gasteiger partial charge in [0, 0.05) is 11.1 Å². The lowest BCUT2D eigenvalue weighted by atomic mass is 9.89. The van der Waals surface area contributed by atoms with E-state index < -0.39 is 23.2 Å². The zero-order valence-corrected chi connectivity index (χ0v) is 12.0. The van der Waals surface area contributed by atoms with Crippen LogP contribution < -0.4 is 16.6 Å². The van der Waals surface area contributed by atoms with Crippen molar-refractivity contribution in [3.05, 3.63) is 29.3 Å². The molecule has 1 aromatic carbocycles. The fraction of sp³-hybridized carbons (Fsp3) is 0.500. The normalized spacial score (nSPS) is 11.3. The molecule has 1 aromatic rings. The summed E-state index contributed by atoms with van der Waals surface area (Å²) in [7, 11) is 0. The van der Waals surface area contributed by atoms with Crippen LogP contribution in [0.3, 0.4) is 0 Å². The molecule has 112 valence electrons. The van der Waals surface area contributed by atoms with Gasteiger partial charge in [-0.05, 0) is 31.4 Å². The Bertz CT molecular complexity index is 456. The Morgan fingerprint density at radius 2 is 1.60 bits per heavy atom. The summed E-state index contributed by atoms with van der Waals surface area (Å²) in [6.07, 6.45) is 2.25. The summed E-state index contributed by atoms with van der Waals surface area (Å²) >= 11 is 0. The Morgan fingerprint density at radius 1 is 1.15 bits per heavy atom. The number of nitrogen functional groups attached to an aromatic ring is 1. The number of amides is 1. The fourth-order valence-corrected chi connectivity index (χ4v) is 2.17. The van der Waals surface area contributed by atoms with Gasteiger partial charge < -0.3 is 10.7 Å². The van der Waals surface area contributed by atoms with E-state index >= 15 is 0 Å². The molecule has 4 N–H and O–H groups in total. The van der Waals surface area contributed by atoms with Crippen molar-refractivity contribution in [2.45, 2.75) is 45.6 Å². The van der Waals surface area contributed by atoms with Crippen LogP contribution in [0.5, 0.6) is 0 Å². The number of anilines is 1. The molecule has 0 aliphatic heterocycles. The lowest BCUT2D eigenvalue weighted by Gasteiger charge is -2.31. The summed E-state index contributed by atoms with van der Waals surface area (Å²) in [5.41, 5.74) is 1.07. The topological polar surface area (TPSA) is 67.2 Å². The van der Waals surface area contributed by atoms with Crippen molar-refractivity contribution in [2.75, 3.05) is 5.43 Å². The van der Waals surface area contributed by atoms with Gasteiger partial charge in [0.15, 0.2) is 11.6 Å². The lowest BCUT2D eigenvalue weighted by molar-refractivity contribution is 0.0887. The molecule has 0 unspecified atom stereocenters. The molecule has 0 aliphatic rings. The number of halogens is 2. The van der Waals surface area contributed by atoms with Crippen molar-refractivity contribution in [2.24, 2.45) is 5.84 Å². The monoisotopic (exact) mass is 285 g/mol. The van der Waals surface area contributed by atoms with E-state index in [4.69, 9.17) is 5.84 Å². The zero-order chi connectivity index (χ0) is 15.3. The van der Waals surface area contributed by atoms with Crippen molar-refractivity contribution >= 4 is 11.6 Å². The highest BCUT2D eigenvalue weighted by molar-refractivity contribution is 5.95. The summed E-state index contributed by atoms with van der Waals surface area (Å²) in [5.74, 6) is 2.73. The molecular formula is C14H21F2N3O. The number of carbonyl (C=O) groups excluding carboxylic acids is 1. The number of nitrogens with one attached hydrogen (secondary N) is 2. The molecule has 1 amide bonds. The van der Waals surface area contributed by atoms with Gasteiger partial charge in [-0.1, -0.05) is 20.8 Å². The van der Waals surface area contributed by atoms with E-state index in [2.05, 4.69) is 5.32 Å². The molecule has 0 atom stereocenters. The van der Waals surface area contributed by atoms with Gasteiger partial charge >= 0.3 is 0 Å². The molecule has 0 spiro atoms. The molecule has 4 nitrogen and oxygen atoms in total. The van der Waals surface area contributed by atoms with E-state index in [0.717, 1.165) is 31.4 Å². The quantitative estimate of drug-likeness (QED) is 0.556. The van der Waals surface area contributed by atoms with Crippen LogP contribution in [-0.2, 0) is 0 Å². The molecule has 20 heavy (non-hydrogen) atoms. The standard InChI is InChI=1S/C14H21F2N3O/c1-4-14(5-2,6-3)18-13(20)9-7-10(15)12(19-17)11(16)8-9/h7-8,19H,4-6,17H2,1-3H3,(H,18,20). The van der Waals surface area contributed by atoms with E-state index in [1.54, 1.807) is 0 Å². The Balaban J connectivity index is 3.04. The molecule has 0 bridgehead atoms. The van der Waals surface area contributed by atoms with Crippen LogP contribution in [-0.4, -0.2) is 11.4 Å². The van der Waals surface area contributed by atoms with E-state index in [1.165, 1.54) is 0 Å². The van der Waals surface area contributed by atoms with Gasteiger partial charge in [-0.3, -0.25) is 10.6 Å². The minimum atomic E-state index is -0.896. The fourth-order valence-electron chi connectivity index (χ4n) is 2.17. The maximum atomic E-state index is 13.6. The zero-order valence-electron chi connectivity index (χ0n) is 12.0. The van der Waals surface area contributed by atoms with Gasteiger partial charge in [0.1, 0.15) is 5.69 Å². The Labute approximate surface area is 117 Å². The third-order valence-corrected chi connectivity index (χ3v) is 3.86. The second-order valence-corrected chi connectivity index (χ2v) is 4.75. The average Bonchev–Trinajstić information content (AvgIpc) is 2.44. The van der Waals surface area contributed by atoms with Crippen LogP contribution in [0, 0.1) is 11.6 Å². The van der Waals surface area contributed by atoms with Crippen LogP contribution in [0.25, 0.3) is 0 Å². The number of hydrogen-bond acceptors (Lipinski definition) is 3. The van der Waals surface area contributed by atoms with Gasteiger partial charge in [-0.15, -0.1) is 0 Å². The average molecular weight is 285 g/mol. The second-order valence-electron chi connectivity index (χ2n) is 4.75. The molecule has 0 saturated carbocycles. The third kappa shape index (κ3) is 3.25. The minimum Gasteiger partial charge on any atom is -0.347 e. The maximum absolute atomic E-state index is 13.6. The Hall–Kier alpha value is -1.69. The van der Waals surface area contributed by atoms with Crippen molar-refractivity contribution < 1.29 is 13.6 Å². The number of carbonyl (C=O) groups is 1. The highest BCUT2D eigenvalue weighted by Gasteiger charge is 2.27. The summed E-state index contributed by atoms with van der Waals surface area (Å²) in [4.78, 5) is 12.1. The molecule has 0 radical (unpaired) electrons. The molecule has 0 aromatic heterocycles. The minimum absolute atomic E-state index is 0.0567. The molecule has 0 saturated heterocycles. The van der Waals surface area contributed by atoms with Crippen molar-refractivity contribution in [1.82, 2.24) is 5.32 Å². The molecular weight excluding hydrogens is 264 g/mol. The number of benzene rings is 1. The largest absolute Gasteiger partial charge is 0.347 e. The number of hydrogen-bond donors (Lipinski definition) is 3. The number of rotatable bonds is 6. The Kier molecular flexibility index (Phi) is 5.44. The number of nitrogens with two attached hydrogens (primary N) is 1. The van der Waals surface area contributed by atoms with Gasteiger partial charge in [0.2, 0.25) is 0 Å². The first-order valence-electron chi connectivity index (χ1n) is 6.71. The van der Waals surface area contributed by atoms with Crippen molar-refractivity contribution in [3.63, 3.8) is 0 Å². The van der Waals surface area contributed by atoms with Gasteiger partial charge in [0.25, 0.3) is 5.91 Å². The van der Waals surface area contributed by atoms with Crippen LogP contribution in [0.2, 0.25) is 0 Å². The molecule has 6 heteroatoms. The highest BCUT2D eigenvalue weighted by atomic mass is 19.1. The molecule has 0 heterocycles. The predicted octanol–water partition coefficient (Wildman–Crippen LogP) is 2.95. The first-order chi connectivity index (χ1) is 9.42. The second kappa shape index (κ2) is 6.65. The maximum Gasteiger partial charge on any atom is 0.251 e. The SMILES string of the molecule is CCC(CC)(CC)NC(=O)c1cc(F)c(NN)c(F)c1. The third-order valence-electron chi connectivity index (χ3n) is 3.86. The molecule has 1 rings (SSSR count). The van der Waals surface area contributed by atoms with E-state index in [1.807, 2.05) is 26.2 Å². The van der Waals surface area contributed by atoms with E-state index in [-0.39, 0.29) is 11.1 Å². The smallest absolute Gasteiger partial charge is 0.251 e. The van der Waals surface area contributed by atoms with Crippen LogP contribution >= 0.6 is 0 Å². The lowest BCUT2D eigenvalue weighted by Crippen LogP contribution is -2.47. The summed E-state index contributed by atoms with van der Waals surface area (Å²) in [5, 5.41) is 2.86. The molecule has 0 aliphatic carbocycles. The van der Waals surface area contributed by atoms with E-state index in [9.17, 15) is 13.6 Å². The summed E-state index contributed by atoms with van der Waals surface area (Å²) < 4.78 is 27.2. The van der Waals surface area contributed by atoms with Gasteiger partial charge in [-0.2, -0.15) is 0 Å². The summed E-state index contributed by atoms with van der Waals surface area (Å²) in [6, 6.07) is 1.94. The number of hydrazine groups is 1. The first-order valence-corrected chi connectivity index (χ1v) is 6.71. The highest BCUT2D eigenvalue weighted by Crippen LogP contribution is 2.23. The van der Waals surface area contributed by atoms with Gasteiger partial charge in [0.05, 0.1) is 0 Å². The van der Waals surface area contributed by atoms with Crippen molar-refractivity contribution in [3.8, 4) is 0 Å². The van der Waals surface area contributed by atoms with E-state index in [0.29, 0.717) is 0 Å².